The highest BCUT2D eigenvalue weighted by atomic mass is 32.2. The lowest BCUT2D eigenvalue weighted by Gasteiger charge is -2.26. The number of nitrogen functional groups attached to an aromatic ring is 1. The summed E-state index contributed by atoms with van der Waals surface area (Å²) < 4.78 is 1.61. The number of aliphatic hydroxyl groups excluding tert-OH is 1. The van der Waals surface area contributed by atoms with Gasteiger partial charge in [0.05, 0.1) is 6.10 Å². The molecule has 0 unspecified atom stereocenters. The standard InChI is InChI=1S/C13H24N4OS/c1-2-3-8-12-15-16-13(17(12)14)19-9-10-6-4-5-7-11(10)18/h10-11,18H,2-9,14H2,1H3/t10-,11+/m1/s1. The van der Waals surface area contributed by atoms with Gasteiger partial charge in [0.15, 0.2) is 5.82 Å². The number of hydrogen-bond acceptors (Lipinski definition) is 5. The van der Waals surface area contributed by atoms with Crippen molar-refractivity contribution in [3.63, 3.8) is 0 Å². The Bertz CT molecular complexity index is 396. The van der Waals surface area contributed by atoms with Gasteiger partial charge >= 0.3 is 0 Å². The first-order chi connectivity index (χ1) is 9.22. The molecule has 19 heavy (non-hydrogen) atoms. The predicted octanol–water partition coefficient (Wildman–Crippen LogP) is 1.98. The third-order valence-corrected chi connectivity index (χ3v) is 4.92. The Morgan fingerprint density at radius 1 is 1.37 bits per heavy atom. The molecule has 0 saturated heterocycles. The second-order valence-electron chi connectivity index (χ2n) is 5.30. The third-order valence-electron chi connectivity index (χ3n) is 3.78. The van der Waals surface area contributed by atoms with Gasteiger partial charge in [-0.3, -0.25) is 0 Å². The highest BCUT2D eigenvalue weighted by Gasteiger charge is 2.24. The van der Waals surface area contributed by atoms with Gasteiger partial charge in [-0.1, -0.05) is 37.9 Å². The van der Waals surface area contributed by atoms with E-state index in [9.17, 15) is 5.11 Å². The highest BCUT2D eigenvalue weighted by Crippen LogP contribution is 2.29. The maximum absolute atomic E-state index is 9.95. The van der Waals surface area contributed by atoms with Crippen LogP contribution in [0.1, 0.15) is 51.3 Å². The molecule has 5 nitrogen and oxygen atoms in total. The summed E-state index contributed by atoms with van der Waals surface area (Å²) in [6.45, 7) is 2.15. The average Bonchev–Trinajstić information content (AvgIpc) is 2.76. The van der Waals surface area contributed by atoms with E-state index in [1.165, 1.54) is 6.42 Å². The summed E-state index contributed by atoms with van der Waals surface area (Å²) in [6, 6.07) is 0. The molecule has 2 atom stereocenters. The molecular weight excluding hydrogens is 260 g/mol. The molecule has 1 aliphatic carbocycles. The molecule has 1 heterocycles. The summed E-state index contributed by atoms with van der Waals surface area (Å²) in [5, 5.41) is 19.0. The van der Waals surface area contributed by atoms with Crippen LogP contribution in [0.4, 0.5) is 0 Å². The van der Waals surface area contributed by atoms with Crippen LogP contribution in [0.15, 0.2) is 5.16 Å². The van der Waals surface area contributed by atoms with Crippen LogP contribution in [-0.4, -0.2) is 31.8 Å². The van der Waals surface area contributed by atoms with Gasteiger partial charge in [-0.2, -0.15) is 0 Å². The van der Waals surface area contributed by atoms with Gasteiger partial charge in [0.25, 0.3) is 0 Å². The van der Waals surface area contributed by atoms with Crippen LogP contribution in [0.2, 0.25) is 0 Å². The summed E-state index contributed by atoms with van der Waals surface area (Å²) in [5.41, 5.74) is 0. The summed E-state index contributed by atoms with van der Waals surface area (Å²) in [5.74, 6) is 8.11. The van der Waals surface area contributed by atoms with Gasteiger partial charge < -0.3 is 10.9 Å². The van der Waals surface area contributed by atoms with Crippen LogP contribution >= 0.6 is 11.8 Å². The fourth-order valence-corrected chi connectivity index (χ4v) is 3.57. The van der Waals surface area contributed by atoms with Crippen LogP contribution in [-0.2, 0) is 6.42 Å². The van der Waals surface area contributed by atoms with Crippen molar-refractivity contribution in [3.05, 3.63) is 5.82 Å². The number of hydrogen-bond donors (Lipinski definition) is 2. The average molecular weight is 284 g/mol. The number of nitrogens with zero attached hydrogens (tertiary/aromatic N) is 3. The molecule has 0 aliphatic heterocycles. The normalized spacial score (nSPS) is 23.7. The van der Waals surface area contributed by atoms with E-state index in [0.29, 0.717) is 5.92 Å². The van der Waals surface area contributed by atoms with E-state index in [4.69, 9.17) is 5.84 Å². The summed E-state index contributed by atoms with van der Waals surface area (Å²) in [7, 11) is 0. The largest absolute Gasteiger partial charge is 0.393 e. The molecule has 0 bridgehead atoms. The fraction of sp³-hybridized carbons (Fsp3) is 0.846. The van der Waals surface area contributed by atoms with E-state index in [2.05, 4.69) is 17.1 Å². The Labute approximate surface area is 118 Å². The number of unbranched alkanes of at least 4 members (excludes halogenated alkanes) is 1. The SMILES string of the molecule is CCCCc1nnc(SC[C@H]2CCCC[C@@H]2O)n1N. The molecule has 0 aromatic carbocycles. The minimum atomic E-state index is -0.157. The van der Waals surface area contributed by atoms with E-state index in [-0.39, 0.29) is 6.10 Å². The van der Waals surface area contributed by atoms with Crippen molar-refractivity contribution in [2.24, 2.45) is 5.92 Å². The zero-order chi connectivity index (χ0) is 13.7. The third kappa shape index (κ3) is 3.86. The van der Waals surface area contributed by atoms with E-state index >= 15 is 0 Å². The zero-order valence-corrected chi connectivity index (χ0v) is 12.4. The highest BCUT2D eigenvalue weighted by molar-refractivity contribution is 7.99. The Hall–Kier alpha value is -0.750. The molecule has 1 aromatic rings. The lowest BCUT2D eigenvalue weighted by atomic mass is 9.88. The molecule has 1 fully saturated rings. The Kier molecular flexibility index (Phi) is 5.51. The summed E-state index contributed by atoms with van der Waals surface area (Å²) >= 11 is 1.62. The van der Waals surface area contributed by atoms with Crippen molar-refractivity contribution in [3.8, 4) is 0 Å². The van der Waals surface area contributed by atoms with Crippen LogP contribution in [0.3, 0.4) is 0 Å². The summed E-state index contributed by atoms with van der Waals surface area (Å²) in [4.78, 5) is 0. The lowest BCUT2D eigenvalue weighted by Crippen LogP contribution is -2.26. The molecule has 1 aliphatic rings. The minimum Gasteiger partial charge on any atom is -0.393 e. The van der Waals surface area contributed by atoms with E-state index in [1.807, 2.05) is 0 Å². The molecule has 0 spiro atoms. The molecule has 3 N–H and O–H groups in total. The quantitative estimate of drug-likeness (QED) is 0.617. The first-order valence-electron chi connectivity index (χ1n) is 7.22. The van der Waals surface area contributed by atoms with Crippen molar-refractivity contribution >= 4 is 11.8 Å². The molecule has 6 heteroatoms. The van der Waals surface area contributed by atoms with Crippen molar-refractivity contribution in [1.82, 2.24) is 14.9 Å². The van der Waals surface area contributed by atoms with E-state index < -0.39 is 0 Å². The van der Waals surface area contributed by atoms with Gasteiger partial charge in [-0.05, 0) is 25.2 Å². The van der Waals surface area contributed by atoms with Crippen LogP contribution in [0.5, 0.6) is 0 Å². The van der Waals surface area contributed by atoms with E-state index in [0.717, 1.165) is 55.3 Å². The molecule has 2 rings (SSSR count). The van der Waals surface area contributed by atoms with Crippen molar-refractivity contribution in [1.29, 1.82) is 0 Å². The molecule has 108 valence electrons. The number of nitrogens with two attached hydrogens (primary N) is 1. The molecule has 0 radical (unpaired) electrons. The molecular formula is C13H24N4OS. The first kappa shape index (κ1) is 14.7. The first-order valence-corrected chi connectivity index (χ1v) is 8.21. The van der Waals surface area contributed by atoms with Gasteiger partial charge in [-0.15, -0.1) is 10.2 Å². The van der Waals surface area contributed by atoms with Crippen LogP contribution in [0, 0.1) is 5.92 Å². The van der Waals surface area contributed by atoms with Crippen molar-refractivity contribution < 1.29 is 5.11 Å². The zero-order valence-electron chi connectivity index (χ0n) is 11.6. The smallest absolute Gasteiger partial charge is 0.209 e. The minimum absolute atomic E-state index is 0.157. The Morgan fingerprint density at radius 3 is 2.89 bits per heavy atom. The summed E-state index contributed by atoms with van der Waals surface area (Å²) in [6.07, 6.45) is 7.35. The predicted molar refractivity (Wildman–Crippen MR) is 77.5 cm³/mol. The monoisotopic (exact) mass is 284 g/mol. The van der Waals surface area contributed by atoms with Crippen LogP contribution in [0.25, 0.3) is 0 Å². The topological polar surface area (TPSA) is 77.0 Å². The van der Waals surface area contributed by atoms with Gasteiger partial charge in [0, 0.05) is 12.2 Å². The second-order valence-corrected chi connectivity index (χ2v) is 6.28. The van der Waals surface area contributed by atoms with Gasteiger partial charge in [0.1, 0.15) is 0 Å². The Morgan fingerprint density at radius 2 is 2.16 bits per heavy atom. The fourth-order valence-electron chi connectivity index (χ4n) is 2.48. The number of aliphatic hydroxyl groups is 1. The Balaban J connectivity index is 1.87. The lowest BCUT2D eigenvalue weighted by molar-refractivity contribution is 0.0816. The number of aromatic nitrogens is 3. The maximum atomic E-state index is 9.95. The van der Waals surface area contributed by atoms with Crippen LogP contribution < -0.4 is 5.84 Å². The maximum Gasteiger partial charge on any atom is 0.209 e. The number of thioether (sulfide) groups is 1. The van der Waals surface area contributed by atoms with Gasteiger partial charge in [-0.25, -0.2) is 4.68 Å². The van der Waals surface area contributed by atoms with E-state index in [1.54, 1.807) is 16.4 Å². The molecule has 0 amide bonds. The molecule has 1 saturated carbocycles. The van der Waals surface area contributed by atoms with Gasteiger partial charge in [0.2, 0.25) is 5.16 Å². The van der Waals surface area contributed by atoms with Crippen molar-refractivity contribution in [2.75, 3.05) is 11.6 Å². The van der Waals surface area contributed by atoms with Crippen molar-refractivity contribution in [2.45, 2.75) is 63.1 Å². The molecule has 1 aromatic heterocycles. The number of aryl methyl sites for hydroxylation is 1. The number of rotatable bonds is 6. The second kappa shape index (κ2) is 7.14.